The van der Waals surface area contributed by atoms with Crippen LogP contribution >= 0.6 is 11.8 Å². The lowest BCUT2D eigenvalue weighted by molar-refractivity contribution is -0.141. The number of alkyl carbamates (subject to hydrolysis) is 1. The Morgan fingerprint density at radius 3 is 2.22 bits per heavy atom. The Morgan fingerprint density at radius 2 is 1.68 bits per heavy atom. The Bertz CT molecular complexity index is 1190. The van der Waals surface area contributed by atoms with E-state index in [2.05, 4.69) is 23.5 Å². The van der Waals surface area contributed by atoms with Gasteiger partial charge in [0.2, 0.25) is 5.91 Å². The monoisotopic (exact) mass is 579 g/mol. The zero-order valence-electron chi connectivity index (χ0n) is 25.5. The van der Waals surface area contributed by atoms with E-state index in [0.717, 1.165) is 29.7 Å². The minimum Gasteiger partial charge on any atom is -0.444 e. The first-order valence-corrected chi connectivity index (χ1v) is 15.5. The van der Waals surface area contributed by atoms with Crippen LogP contribution in [0.4, 0.5) is 10.5 Å². The Labute approximate surface area is 250 Å². The number of unbranched alkanes of at least 4 members (excludes halogenated alkanes) is 2. The van der Waals surface area contributed by atoms with Crippen LogP contribution in [0.5, 0.6) is 0 Å². The molecule has 2 unspecified atom stereocenters. The third-order valence-corrected chi connectivity index (χ3v) is 7.21. The molecule has 0 bridgehead atoms. The highest BCUT2D eigenvalue weighted by molar-refractivity contribution is 7.98. The maximum Gasteiger partial charge on any atom is 0.408 e. The van der Waals surface area contributed by atoms with Crippen molar-refractivity contribution in [2.75, 3.05) is 23.9 Å². The molecule has 8 heteroatoms. The van der Waals surface area contributed by atoms with Crippen molar-refractivity contribution in [2.45, 2.75) is 84.9 Å². The zero-order chi connectivity index (χ0) is 30.6. The van der Waals surface area contributed by atoms with Gasteiger partial charge in [0, 0.05) is 17.8 Å². The molecule has 2 rings (SSSR count). The van der Waals surface area contributed by atoms with Crippen LogP contribution in [0, 0.1) is 26.2 Å². The molecule has 0 heterocycles. The number of para-hydroxylation sites is 1. The largest absolute Gasteiger partial charge is 0.444 e. The number of aryl methyl sites for hydroxylation is 2. The third kappa shape index (κ3) is 10.5. The molecule has 0 fully saturated rings. The van der Waals surface area contributed by atoms with Gasteiger partial charge in [0.05, 0.1) is 0 Å². The van der Waals surface area contributed by atoms with E-state index in [1.54, 1.807) is 61.7 Å². The number of nitrogens with one attached hydrogen (secondary N) is 2. The molecule has 2 aromatic carbocycles. The lowest BCUT2D eigenvalue weighted by atomic mass is 9.99. The first-order valence-electron chi connectivity index (χ1n) is 14.1. The summed E-state index contributed by atoms with van der Waals surface area (Å²) in [4.78, 5) is 42.8. The highest BCUT2D eigenvalue weighted by Gasteiger charge is 2.36. The molecule has 0 aliphatic heterocycles. The summed E-state index contributed by atoms with van der Waals surface area (Å²) in [6, 6.07) is 11.1. The maximum absolute atomic E-state index is 14.3. The molecule has 2 aromatic rings. The second kappa shape index (κ2) is 16.1. The van der Waals surface area contributed by atoms with Crippen molar-refractivity contribution in [3.8, 4) is 12.3 Å². The quantitative estimate of drug-likeness (QED) is 0.205. The van der Waals surface area contributed by atoms with Crippen molar-refractivity contribution in [2.24, 2.45) is 0 Å². The third-order valence-electron chi connectivity index (χ3n) is 6.57. The Kier molecular flexibility index (Phi) is 13.3. The normalized spacial score (nSPS) is 12.5. The number of hydrogen-bond donors (Lipinski definition) is 2. The number of carbonyl (C=O) groups excluding carboxylic acids is 3. The number of thioether (sulfide) groups is 1. The second-order valence-corrected chi connectivity index (χ2v) is 12.1. The van der Waals surface area contributed by atoms with Crippen molar-refractivity contribution in [3.05, 3.63) is 64.7 Å². The molecule has 0 aromatic heterocycles. The van der Waals surface area contributed by atoms with Gasteiger partial charge in [-0.1, -0.05) is 56.0 Å². The summed E-state index contributed by atoms with van der Waals surface area (Å²) in [7, 11) is 0. The number of hydrogen-bond acceptors (Lipinski definition) is 5. The maximum atomic E-state index is 14.3. The van der Waals surface area contributed by atoms with Crippen molar-refractivity contribution in [3.63, 3.8) is 0 Å². The molecule has 0 aliphatic rings. The molecule has 0 aliphatic carbocycles. The van der Waals surface area contributed by atoms with Crippen molar-refractivity contribution in [1.29, 1.82) is 0 Å². The number of anilines is 1. The van der Waals surface area contributed by atoms with E-state index in [-0.39, 0.29) is 11.8 Å². The molecule has 0 radical (unpaired) electrons. The average molecular weight is 580 g/mol. The SMILES string of the molecule is C#Cc1ccc(C(C(=O)Nc2c(C)cccc2C)N(CCCCC)C(=O)C(CCSC)NC(=O)OC(C)(C)C)cc1. The van der Waals surface area contributed by atoms with Crippen LogP contribution in [0.2, 0.25) is 0 Å². The Morgan fingerprint density at radius 1 is 1.05 bits per heavy atom. The molecule has 0 saturated heterocycles. The molecule has 41 heavy (non-hydrogen) atoms. The highest BCUT2D eigenvalue weighted by atomic mass is 32.2. The topological polar surface area (TPSA) is 87.7 Å². The number of carbonyl (C=O) groups is 3. The van der Waals surface area contributed by atoms with Gasteiger partial charge in [-0.3, -0.25) is 9.59 Å². The first-order chi connectivity index (χ1) is 19.4. The van der Waals surface area contributed by atoms with Crippen LogP contribution in [0.3, 0.4) is 0 Å². The number of nitrogens with zero attached hydrogens (tertiary/aromatic N) is 1. The van der Waals surface area contributed by atoms with Crippen LogP contribution in [-0.4, -0.2) is 53.0 Å². The van der Waals surface area contributed by atoms with Gasteiger partial charge in [0.15, 0.2) is 0 Å². The number of rotatable bonds is 13. The first kappa shape index (κ1) is 33.8. The van der Waals surface area contributed by atoms with Crippen molar-refractivity contribution >= 4 is 35.4 Å². The fraction of sp³-hybridized carbons (Fsp3) is 0.485. The molecule has 2 atom stereocenters. The van der Waals surface area contributed by atoms with Gasteiger partial charge in [0.1, 0.15) is 17.7 Å². The summed E-state index contributed by atoms with van der Waals surface area (Å²) in [5, 5.41) is 5.88. The smallest absolute Gasteiger partial charge is 0.408 e. The summed E-state index contributed by atoms with van der Waals surface area (Å²) >= 11 is 1.58. The summed E-state index contributed by atoms with van der Waals surface area (Å²) < 4.78 is 5.47. The summed E-state index contributed by atoms with van der Waals surface area (Å²) in [5.41, 5.74) is 3.16. The lowest BCUT2D eigenvalue weighted by Gasteiger charge is -2.35. The molecule has 0 spiro atoms. The molecule has 222 valence electrons. The Hall–Kier alpha value is -3.44. The molecule has 0 saturated carbocycles. The van der Waals surface area contributed by atoms with Gasteiger partial charge in [0.25, 0.3) is 5.91 Å². The fourth-order valence-electron chi connectivity index (χ4n) is 4.48. The van der Waals surface area contributed by atoms with Crippen molar-refractivity contribution in [1.82, 2.24) is 10.2 Å². The lowest BCUT2D eigenvalue weighted by Crippen LogP contribution is -2.52. The van der Waals surface area contributed by atoms with Crippen LogP contribution in [0.25, 0.3) is 0 Å². The van der Waals surface area contributed by atoms with Crippen LogP contribution in [-0.2, 0) is 14.3 Å². The van der Waals surface area contributed by atoms with Crippen LogP contribution in [0.1, 0.15) is 81.7 Å². The minimum absolute atomic E-state index is 0.330. The highest BCUT2D eigenvalue weighted by Crippen LogP contribution is 2.28. The Balaban J connectivity index is 2.58. The van der Waals surface area contributed by atoms with Crippen molar-refractivity contribution < 1.29 is 19.1 Å². The predicted octanol–water partition coefficient (Wildman–Crippen LogP) is 6.63. The average Bonchev–Trinajstić information content (AvgIpc) is 2.91. The van der Waals surface area contributed by atoms with Gasteiger partial charge in [-0.05, 0) is 88.3 Å². The van der Waals surface area contributed by atoms with E-state index in [9.17, 15) is 14.4 Å². The number of benzene rings is 2. The predicted molar refractivity (Wildman–Crippen MR) is 169 cm³/mol. The van der Waals surface area contributed by atoms with E-state index in [4.69, 9.17) is 11.2 Å². The van der Waals surface area contributed by atoms with Gasteiger partial charge in [-0.2, -0.15) is 11.8 Å². The van der Waals surface area contributed by atoms with E-state index >= 15 is 0 Å². The molecule has 7 nitrogen and oxygen atoms in total. The number of amides is 3. The number of ether oxygens (including phenoxy) is 1. The van der Waals surface area contributed by atoms with Crippen LogP contribution in [0.15, 0.2) is 42.5 Å². The van der Waals surface area contributed by atoms with Gasteiger partial charge >= 0.3 is 6.09 Å². The number of terminal acetylenes is 1. The zero-order valence-corrected chi connectivity index (χ0v) is 26.3. The summed E-state index contributed by atoms with van der Waals surface area (Å²) in [6.07, 6.45) is 9.81. The summed E-state index contributed by atoms with van der Waals surface area (Å²) in [5.74, 6) is 2.59. The molecule has 2 N–H and O–H groups in total. The standard InChI is InChI=1S/C33H45N3O4S/c1-9-11-12-21-36(31(38)27(20-22-41-8)34-32(39)40-33(5,6)7)29(26-18-16-25(10-2)17-19-26)30(37)35-28-23(3)14-13-15-24(28)4/h2,13-19,27,29H,9,11-12,20-22H2,1,3-8H3,(H,34,39)(H,35,37). The van der Waals surface area contributed by atoms with Crippen LogP contribution < -0.4 is 10.6 Å². The van der Waals surface area contributed by atoms with E-state index < -0.39 is 23.8 Å². The summed E-state index contributed by atoms with van der Waals surface area (Å²) in [6.45, 7) is 11.6. The van der Waals surface area contributed by atoms with E-state index in [0.29, 0.717) is 36.3 Å². The van der Waals surface area contributed by atoms with Gasteiger partial charge in [-0.15, -0.1) is 6.42 Å². The molecule has 3 amide bonds. The van der Waals surface area contributed by atoms with E-state index in [1.807, 2.05) is 38.3 Å². The molecular formula is C33H45N3O4S. The fourth-order valence-corrected chi connectivity index (χ4v) is 4.95. The second-order valence-electron chi connectivity index (χ2n) is 11.1. The van der Waals surface area contributed by atoms with E-state index in [1.165, 1.54) is 0 Å². The van der Waals surface area contributed by atoms with Gasteiger partial charge in [-0.25, -0.2) is 4.79 Å². The van der Waals surface area contributed by atoms with Gasteiger partial charge < -0.3 is 20.3 Å². The molecular weight excluding hydrogens is 534 g/mol. The minimum atomic E-state index is -0.942.